The van der Waals surface area contributed by atoms with E-state index in [9.17, 15) is 4.79 Å². The Balaban J connectivity index is 1.58. The summed E-state index contributed by atoms with van der Waals surface area (Å²) >= 11 is 0. The minimum absolute atomic E-state index is 0.0378. The lowest BCUT2D eigenvalue weighted by Gasteiger charge is -2.07. The van der Waals surface area contributed by atoms with Crippen LogP contribution in [0.5, 0.6) is 0 Å². The third-order valence-electron chi connectivity index (χ3n) is 3.42. The summed E-state index contributed by atoms with van der Waals surface area (Å²) in [5, 5.41) is 2.92. The first-order valence-corrected chi connectivity index (χ1v) is 6.75. The fourth-order valence-corrected chi connectivity index (χ4v) is 2.36. The molecule has 1 amide bonds. The number of aromatic nitrogens is 1. The number of hydrogen-bond donors (Lipinski definition) is 1. The summed E-state index contributed by atoms with van der Waals surface area (Å²) < 4.78 is 0. The molecule has 0 saturated heterocycles. The summed E-state index contributed by atoms with van der Waals surface area (Å²) in [4.78, 5) is 16.0. The van der Waals surface area contributed by atoms with Gasteiger partial charge in [0.15, 0.2) is 0 Å². The van der Waals surface area contributed by atoms with E-state index in [0.29, 0.717) is 13.0 Å². The number of benzene rings is 1. The molecule has 100 valence electrons. The van der Waals surface area contributed by atoms with Gasteiger partial charge in [-0.25, -0.2) is 0 Å². The highest BCUT2D eigenvalue weighted by Gasteiger charge is 2.08. The van der Waals surface area contributed by atoms with E-state index in [0.717, 1.165) is 17.5 Å². The molecule has 3 heteroatoms. The van der Waals surface area contributed by atoms with Gasteiger partial charge < -0.3 is 5.32 Å². The van der Waals surface area contributed by atoms with Crippen LogP contribution in [0.2, 0.25) is 0 Å². The fraction of sp³-hybridized carbons (Fsp3) is 0.176. The molecule has 1 aliphatic carbocycles. The predicted molar refractivity (Wildman–Crippen MR) is 79.0 cm³/mol. The molecule has 1 heterocycles. The molecular formula is C17H16N2O. The molecule has 3 rings (SSSR count). The quantitative estimate of drug-likeness (QED) is 0.922. The number of amides is 1. The Morgan fingerprint density at radius 1 is 1.25 bits per heavy atom. The second-order valence-corrected chi connectivity index (χ2v) is 4.95. The Morgan fingerprint density at radius 3 is 3.05 bits per heavy atom. The minimum atomic E-state index is 0.0378. The van der Waals surface area contributed by atoms with E-state index >= 15 is 0 Å². The maximum atomic E-state index is 11.9. The van der Waals surface area contributed by atoms with Crippen molar-refractivity contribution in [2.75, 3.05) is 0 Å². The van der Waals surface area contributed by atoms with Crippen molar-refractivity contribution < 1.29 is 4.79 Å². The van der Waals surface area contributed by atoms with Gasteiger partial charge in [-0.15, -0.1) is 0 Å². The van der Waals surface area contributed by atoms with Crippen LogP contribution in [-0.2, 0) is 24.2 Å². The van der Waals surface area contributed by atoms with Crippen LogP contribution < -0.4 is 5.32 Å². The van der Waals surface area contributed by atoms with Gasteiger partial charge in [0.05, 0.1) is 6.42 Å². The molecule has 0 fully saturated rings. The van der Waals surface area contributed by atoms with E-state index in [4.69, 9.17) is 0 Å². The lowest BCUT2D eigenvalue weighted by atomic mass is 10.0. The van der Waals surface area contributed by atoms with Gasteiger partial charge in [0.25, 0.3) is 0 Å². The van der Waals surface area contributed by atoms with E-state index in [1.54, 1.807) is 12.4 Å². The molecule has 3 nitrogen and oxygen atoms in total. The van der Waals surface area contributed by atoms with Crippen LogP contribution in [0.1, 0.15) is 22.3 Å². The zero-order valence-corrected chi connectivity index (χ0v) is 11.2. The molecule has 0 atom stereocenters. The van der Waals surface area contributed by atoms with Crippen molar-refractivity contribution in [3.05, 3.63) is 71.1 Å². The third kappa shape index (κ3) is 2.94. The molecule has 0 aliphatic heterocycles. The Hall–Kier alpha value is -2.42. The lowest BCUT2D eigenvalue weighted by Crippen LogP contribution is -2.24. The van der Waals surface area contributed by atoms with Crippen LogP contribution in [0.4, 0.5) is 0 Å². The number of carbonyl (C=O) groups excluding carboxylic acids is 1. The summed E-state index contributed by atoms with van der Waals surface area (Å²) in [5.74, 6) is 0.0378. The first kappa shape index (κ1) is 12.6. The first-order valence-electron chi connectivity index (χ1n) is 6.75. The van der Waals surface area contributed by atoms with Crippen LogP contribution in [0.3, 0.4) is 0 Å². The molecule has 0 unspecified atom stereocenters. The maximum absolute atomic E-state index is 11.9. The standard InChI is InChI=1S/C17H16N2O/c20-17(19-12-14-3-2-8-18-11-14)10-13-6-7-15-4-1-5-16(15)9-13/h1-3,5-9,11H,4,10,12H2,(H,19,20). The fourth-order valence-electron chi connectivity index (χ4n) is 2.36. The second kappa shape index (κ2) is 5.70. The molecule has 1 aromatic heterocycles. The van der Waals surface area contributed by atoms with Crippen molar-refractivity contribution in [1.82, 2.24) is 10.3 Å². The number of nitrogens with one attached hydrogen (secondary N) is 1. The molecule has 2 aromatic rings. The van der Waals surface area contributed by atoms with E-state index in [2.05, 4.69) is 34.6 Å². The molecule has 1 aliphatic rings. The molecule has 0 saturated carbocycles. The van der Waals surface area contributed by atoms with Crippen LogP contribution in [0.25, 0.3) is 6.08 Å². The number of rotatable bonds is 4. The largest absolute Gasteiger partial charge is 0.352 e. The Morgan fingerprint density at radius 2 is 2.20 bits per heavy atom. The van der Waals surface area contributed by atoms with E-state index < -0.39 is 0 Å². The van der Waals surface area contributed by atoms with Crippen molar-refractivity contribution in [2.24, 2.45) is 0 Å². The summed E-state index contributed by atoms with van der Waals surface area (Å²) in [6, 6.07) is 10.1. The topological polar surface area (TPSA) is 42.0 Å². The summed E-state index contributed by atoms with van der Waals surface area (Å²) in [5.41, 5.74) is 4.64. The molecule has 0 bridgehead atoms. The normalized spacial score (nSPS) is 12.2. The van der Waals surface area contributed by atoms with Crippen LogP contribution in [0.15, 0.2) is 48.8 Å². The number of pyridine rings is 1. The number of allylic oxidation sites excluding steroid dienone is 1. The number of hydrogen-bond acceptors (Lipinski definition) is 2. The van der Waals surface area contributed by atoms with Gasteiger partial charge in [-0.2, -0.15) is 0 Å². The summed E-state index contributed by atoms with van der Waals surface area (Å²) in [7, 11) is 0. The molecule has 20 heavy (non-hydrogen) atoms. The summed E-state index contributed by atoms with van der Waals surface area (Å²) in [6.45, 7) is 0.525. The van der Waals surface area contributed by atoms with E-state index in [1.807, 2.05) is 18.2 Å². The predicted octanol–water partition coefficient (Wildman–Crippen LogP) is 2.51. The van der Waals surface area contributed by atoms with Gasteiger partial charge >= 0.3 is 0 Å². The van der Waals surface area contributed by atoms with Crippen molar-refractivity contribution in [2.45, 2.75) is 19.4 Å². The highest BCUT2D eigenvalue weighted by atomic mass is 16.1. The van der Waals surface area contributed by atoms with Crippen molar-refractivity contribution >= 4 is 12.0 Å². The minimum Gasteiger partial charge on any atom is -0.352 e. The van der Waals surface area contributed by atoms with Crippen molar-refractivity contribution in [1.29, 1.82) is 0 Å². The van der Waals surface area contributed by atoms with Crippen molar-refractivity contribution in [3.8, 4) is 0 Å². The molecule has 1 N–H and O–H groups in total. The number of carbonyl (C=O) groups is 1. The zero-order valence-electron chi connectivity index (χ0n) is 11.2. The van der Waals surface area contributed by atoms with E-state index in [-0.39, 0.29) is 5.91 Å². The average Bonchev–Trinajstić information content (AvgIpc) is 2.94. The highest BCUT2D eigenvalue weighted by molar-refractivity contribution is 5.79. The van der Waals surface area contributed by atoms with Crippen LogP contribution in [0, 0.1) is 0 Å². The van der Waals surface area contributed by atoms with Crippen LogP contribution in [-0.4, -0.2) is 10.9 Å². The smallest absolute Gasteiger partial charge is 0.224 e. The second-order valence-electron chi connectivity index (χ2n) is 4.95. The molecular weight excluding hydrogens is 248 g/mol. The monoisotopic (exact) mass is 264 g/mol. The average molecular weight is 264 g/mol. The number of nitrogens with zero attached hydrogens (tertiary/aromatic N) is 1. The molecule has 0 spiro atoms. The van der Waals surface area contributed by atoms with Gasteiger partial charge in [0.1, 0.15) is 0 Å². The Labute approximate surface area is 118 Å². The van der Waals surface area contributed by atoms with Gasteiger partial charge in [0, 0.05) is 18.9 Å². The Kier molecular flexibility index (Phi) is 3.59. The van der Waals surface area contributed by atoms with E-state index in [1.165, 1.54) is 11.1 Å². The number of fused-ring (bicyclic) bond motifs is 1. The van der Waals surface area contributed by atoms with Crippen molar-refractivity contribution in [3.63, 3.8) is 0 Å². The van der Waals surface area contributed by atoms with Gasteiger partial charge in [0.2, 0.25) is 5.91 Å². The SMILES string of the molecule is O=C(Cc1ccc2c(c1)C=CC2)NCc1cccnc1. The van der Waals surface area contributed by atoms with Gasteiger partial charge in [-0.3, -0.25) is 9.78 Å². The maximum Gasteiger partial charge on any atom is 0.224 e. The lowest BCUT2D eigenvalue weighted by molar-refractivity contribution is -0.120. The first-order chi connectivity index (χ1) is 9.81. The van der Waals surface area contributed by atoms with Gasteiger partial charge in [-0.1, -0.05) is 36.4 Å². The van der Waals surface area contributed by atoms with Gasteiger partial charge in [-0.05, 0) is 34.7 Å². The third-order valence-corrected chi connectivity index (χ3v) is 3.42. The molecule has 1 aromatic carbocycles. The highest BCUT2D eigenvalue weighted by Crippen LogP contribution is 2.20. The van der Waals surface area contributed by atoms with Crippen LogP contribution >= 0.6 is 0 Å². The molecule has 0 radical (unpaired) electrons. The zero-order chi connectivity index (χ0) is 13.8. The summed E-state index contributed by atoms with van der Waals surface area (Å²) in [6.07, 6.45) is 9.18. The Bertz CT molecular complexity index is 647.